The van der Waals surface area contributed by atoms with Crippen LogP contribution in [-0.4, -0.2) is 24.5 Å². The van der Waals surface area contributed by atoms with Crippen molar-refractivity contribution in [2.75, 3.05) is 13.6 Å². The zero-order valence-electron chi connectivity index (χ0n) is 9.52. The van der Waals surface area contributed by atoms with E-state index in [0.717, 1.165) is 12.5 Å². The Balaban J connectivity index is 2.02. The fraction of sp³-hybridized carbons (Fsp3) is 0.667. The van der Waals surface area contributed by atoms with Gasteiger partial charge >= 0.3 is 0 Å². The molecule has 1 aliphatic rings. The lowest BCUT2D eigenvalue weighted by Crippen LogP contribution is -2.40. The van der Waals surface area contributed by atoms with Gasteiger partial charge < -0.3 is 5.73 Å². The molecular formula is C12H20N2S. The summed E-state index contributed by atoms with van der Waals surface area (Å²) in [5.41, 5.74) is 7.28. The van der Waals surface area contributed by atoms with Crippen LogP contribution in [-0.2, 0) is 0 Å². The van der Waals surface area contributed by atoms with Gasteiger partial charge in [-0.1, -0.05) is 0 Å². The SMILES string of the molecule is CC(c1ccsc1)N(C)C(CN)C1CC1. The minimum Gasteiger partial charge on any atom is -0.329 e. The Bertz CT molecular complexity index is 293. The first-order chi connectivity index (χ1) is 7.24. The molecule has 2 nitrogen and oxygen atoms in total. The van der Waals surface area contributed by atoms with Crippen molar-refractivity contribution in [1.82, 2.24) is 4.90 Å². The number of thiophene rings is 1. The van der Waals surface area contributed by atoms with Gasteiger partial charge in [0.25, 0.3) is 0 Å². The molecule has 2 rings (SSSR count). The quantitative estimate of drug-likeness (QED) is 0.832. The summed E-state index contributed by atoms with van der Waals surface area (Å²) >= 11 is 1.77. The molecule has 1 heterocycles. The van der Waals surface area contributed by atoms with E-state index in [0.29, 0.717) is 12.1 Å². The molecule has 1 aliphatic carbocycles. The second kappa shape index (κ2) is 4.64. The van der Waals surface area contributed by atoms with E-state index in [9.17, 15) is 0 Å². The van der Waals surface area contributed by atoms with E-state index in [4.69, 9.17) is 5.73 Å². The van der Waals surface area contributed by atoms with Crippen molar-refractivity contribution in [3.05, 3.63) is 22.4 Å². The Labute approximate surface area is 96.1 Å². The summed E-state index contributed by atoms with van der Waals surface area (Å²) in [7, 11) is 2.21. The van der Waals surface area contributed by atoms with E-state index in [1.165, 1.54) is 18.4 Å². The van der Waals surface area contributed by atoms with Gasteiger partial charge in [-0.05, 0) is 55.1 Å². The first-order valence-electron chi connectivity index (χ1n) is 5.68. The van der Waals surface area contributed by atoms with Crippen LogP contribution in [0.3, 0.4) is 0 Å². The maximum Gasteiger partial charge on any atom is 0.0328 e. The van der Waals surface area contributed by atoms with Crippen LogP contribution in [0.4, 0.5) is 0 Å². The molecule has 0 aromatic carbocycles. The Kier molecular flexibility index (Phi) is 3.44. The van der Waals surface area contributed by atoms with Crippen molar-refractivity contribution in [2.24, 2.45) is 11.7 Å². The standard InChI is InChI=1S/C12H20N2S/c1-9(11-5-6-15-8-11)14(2)12(7-13)10-3-4-10/h5-6,8-10,12H,3-4,7,13H2,1-2H3. The number of hydrogen-bond donors (Lipinski definition) is 1. The number of likely N-dealkylation sites (N-methyl/N-ethyl adjacent to an activating group) is 1. The van der Waals surface area contributed by atoms with E-state index in [-0.39, 0.29) is 0 Å². The molecule has 1 saturated carbocycles. The first kappa shape index (κ1) is 11.1. The monoisotopic (exact) mass is 224 g/mol. The molecule has 0 aliphatic heterocycles. The summed E-state index contributed by atoms with van der Waals surface area (Å²) in [5.74, 6) is 0.848. The summed E-state index contributed by atoms with van der Waals surface area (Å²) in [6.45, 7) is 3.06. The largest absolute Gasteiger partial charge is 0.329 e. The molecule has 1 fully saturated rings. The van der Waals surface area contributed by atoms with Gasteiger partial charge in [0, 0.05) is 18.6 Å². The molecule has 2 unspecified atom stereocenters. The Hall–Kier alpha value is -0.380. The van der Waals surface area contributed by atoms with Gasteiger partial charge in [0.15, 0.2) is 0 Å². The topological polar surface area (TPSA) is 29.3 Å². The third-order valence-electron chi connectivity index (χ3n) is 3.57. The van der Waals surface area contributed by atoms with Crippen LogP contribution in [0.15, 0.2) is 16.8 Å². The number of nitrogens with zero attached hydrogens (tertiary/aromatic N) is 1. The van der Waals surface area contributed by atoms with E-state index in [1.807, 2.05) is 0 Å². The second-order valence-electron chi connectivity index (χ2n) is 4.54. The van der Waals surface area contributed by atoms with Crippen molar-refractivity contribution in [1.29, 1.82) is 0 Å². The highest BCUT2D eigenvalue weighted by atomic mass is 32.1. The van der Waals surface area contributed by atoms with Gasteiger partial charge in [-0.25, -0.2) is 0 Å². The van der Waals surface area contributed by atoms with Crippen molar-refractivity contribution < 1.29 is 0 Å². The lowest BCUT2D eigenvalue weighted by molar-refractivity contribution is 0.170. The molecule has 3 heteroatoms. The zero-order valence-corrected chi connectivity index (χ0v) is 10.3. The molecule has 84 valence electrons. The molecule has 2 atom stereocenters. The maximum atomic E-state index is 5.87. The van der Waals surface area contributed by atoms with Gasteiger partial charge in [0.05, 0.1) is 0 Å². The van der Waals surface area contributed by atoms with Crippen LogP contribution < -0.4 is 5.73 Å². The molecule has 0 amide bonds. The summed E-state index contributed by atoms with van der Waals surface area (Å²) < 4.78 is 0. The van der Waals surface area contributed by atoms with Crippen molar-refractivity contribution in [3.63, 3.8) is 0 Å². The smallest absolute Gasteiger partial charge is 0.0328 e. The third-order valence-corrected chi connectivity index (χ3v) is 4.27. The average Bonchev–Trinajstić information content (AvgIpc) is 2.93. The lowest BCUT2D eigenvalue weighted by Gasteiger charge is -2.32. The van der Waals surface area contributed by atoms with Gasteiger partial charge in [-0.3, -0.25) is 4.90 Å². The van der Waals surface area contributed by atoms with Crippen molar-refractivity contribution in [2.45, 2.75) is 31.8 Å². The predicted molar refractivity (Wildman–Crippen MR) is 66.1 cm³/mol. The molecule has 2 N–H and O–H groups in total. The molecule has 0 bridgehead atoms. The molecular weight excluding hydrogens is 204 g/mol. The van der Waals surface area contributed by atoms with Crippen LogP contribution in [0.25, 0.3) is 0 Å². The van der Waals surface area contributed by atoms with Crippen molar-refractivity contribution in [3.8, 4) is 0 Å². The summed E-state index contributed by atoms with van der Waals surface area (Å²) in [5, 5.41) is 4.38. The molecule has 1 aromatic heterocycles. The first-order valence-corrected chi connectivity index (χ1v) is 6.62. The van der Waals surface area contributed by atoms with Gasteiger partial charge in [0.2, 0.25) is 0 Å². The highest BCUT2D eigenvalue weighted by Crippen LogP contribution is 2.37. The van der Waals surface area contributed by atoms with E-state index < -0.39 is 0 Å². The molecule has 0 saturated heterocycles. The number of nitrogens with two attached hydrogens (primary N) is 1. The summed E-state index contributed by atoms with van der Waals surface area (Å²) in [6, 6.07) is 3.28. The number of hydrogen-bond acceptors (Lipinski definition) is 3. The average molecular weight is 224 g/mol. The molecule has 15 heavy (non-hydrogen) atoms. The zero-order chi connectivity index (χ0) is 10.8. The molecule has 0 radical (unpaired) electrons. The summed E-state index contributed by atoms with van der Waals surface area (Å²) in [6.07, 6.45) is 2.73. The van der Waals surface area contributed by atoms with Crippen LogP contribution in [0.2, 0.25) is 0 Å². The summed E-state index contributed by atoms with van der Waals surface area (Å²) in [4.78, 5) is 2.44. The highest BCUT2D eigenvalue weighted by molar-refractivity contribution is 7.07. The van der Waals surface area contributed by atoms with Crippen LogP contribution in [0, 0.1) is 5.92 Å². The normalized spacial score (nSPS) is 20.5. The Morgan fingerprint density at radius 3 is 2.80 bits per heavy atom. The van der Waals surface area contributed by atoms with Gasteiger partial charge in [-0.2, -0.15) is 11.3 Å². The van der Waals surface area contributed by atoms with E-state index in [1.54, 1.807) is 11.3 Å². The van der Waals surface area contributed by atoms with E-state index >= 15 is 0 Å². The third kappa shape index (κ3) is 2.41. The van der Waals surface area contributed by atoms with E-state index in [2.05, 4.69) is 35.7 Å². The van der Waals surface area contributed by atoms with Crippen LogP contribution in [0.5, 0.6) is 0 Å². The fourth-order valence-corrected chi connectivity index (χ4v) is 2.95. The second-order valence-corrected chi connectivity index (χ2v) is 5.32. The molecule has 0 spiro atoms. The lowest BCUT2D eigenvalue weighted by atomic mass is 10.1. The van der Waals surface area contributed by atoms with Crippen LogP contribution in [0.1, 0.15) is 31.4 Å². The maximum absolute atomic E-state index is 5.87. The van der Waals surface area contributed by atoms with Gasteiger partial charge in [-0.15, -0.1) is 0 Å². The highest BCUT2D eigenvalue weighted by Gasteiger charge is 2.34. The van der Waals surface area contributed by atoms with Crippen molar-refractivity contribution >= 4 is 11.3 Å². The van der Waals surface area contributed by atoms with Crippen LogP contribution >= 0.6 is 11.3 Å². The minimum atomic E-state index is 0.491. The predicted octanol–water partition coefficient (Wildman–Crippen LogP) is 2.48. The fourth-order valence-electron chi connectivity index (χ4n) is 2.21. The number of rotatable bonds is 5. The minimum absolute atomic E-state index is 0.491. The Morgan fingerprint density at radius 1 is 1.60 bits per heavy atom. The Morgan fingerprint density at radius 2 is 2.33 bits per heavy atom. The molecule has 1 aromatic rings. The van der Waals surface area contributed by atoms with Gasteiger partial charge in [0.1, 0.15) is 0 Å².